The van der Waals surface area contributed by atoms with Gasteiger partial charge in [-0.2, -0.15) is 5.26 Å². The van der Waals surface area contributed by atoms with E-state index >= 15 is 0 Å². The van der Waals surface area contributed by atoms with Gasteiger partial charge in [-0.15, -0.1) is 11.3 Å². The van der Waals surface area contributed by atoms with E-state index in [1.165, 1.54) is 41.7 Å². The van der Waals surface area contributed by atoms with Gasteiger partial charge in [-0.25, -0.2) is 0 Å². The number of benzene rings is 2. The molecule has 3 heterocycles. The van der Waals surface area contributed by atoms with Crippen LogP contribution in [0.1, 0.15) is 38.0 Å². The molecule has 5 unspecified atom stereocenters. The number of rotatable bonds is 6. The summed E-state index contributed by atoms with van der Waals surface area (Å²) in [6.07, 6.45) is -1.78. The van der Waals surface area contributed by atoms with Crippen molar-refractivity contribution in [2.24, 2.45) is 0 Å². The fourth-order valence-electron chi connectivity index (χ4n) is 5.44. The van der Waals surface area contributed by atoms with Crippen molar-refractivity contribution < 1.29 is 24.9 Å². The highest BCUT2D eigenvalue weighted by atomic mass is 32.1. The maximum atomic E-state index is 12.9. The van der Waals surface area contributed by atoms with E-state index in [0.717, 1.165) is 33.8 Å². The second-order valence-corrected chi connectivity index (χ2v) is 11.7. The maximum Gasteiger partial charge on any atom is 0.262 e. The number of ether oxygens (including phenoxy) is 1. The molecule has 1 amide bonds. The van der Waals surface area contributed by atoms with Crippen LogP contribution in [0.3, 0.4) is 0 Å². The van der Waals surface area contributed by atoms with Crippen LogP contribution in [0.15, 0.2) is 54.1 Å². The third kappa shape index (κ3) is 5.78. The molecule has 1 aromatic heterocycles. The van der Waals surface area contributed by atoms with Crippen LogP contribution in [-0.4, -0.2) is 71.4 Å². The Labute approximate surface area is 238 Å². The first kappa shape index (κ1) is 28.3. The van der Waals surface area contributed by atoms with Gasteiger partial charge in [-0.3, -0.25) is 4.79 Å². The minimum absolute atomic E-state index is 0.0314. The normalized spacial score (nSPS) is 25.8. The lowest BCUT2D eigenvalue weighted by Gasteiger charge is -2.39. The van der Waals surface area contributed by atoms with E-state index in [2.05, 4.69) is 46.6 Å². The van der Waals surface area contributed by atoms with Gasteiger partial charge in [0, 0.05) is 35.1 Å². The Morgan fingerprint density at radius 2 is 1.75 bits per heavy atom. The number of nitrogens with one attached hydrogen (secondary N) is 1. The van der Waals surface area contributed by atoms with Gasteiger partial charge in [0.1, 0.15) is 36.1 Å². The van der Waals surface area contributed by atoms with Crippen molar-refractivity contribution in [2.45, 2.75) is 63.6 Å². The monoisotopic (exact) mass is 561 g/mol. The first-order chi connectivity index (χ1) is 19.3. The van der Waals surface area contributed by atoms with Gasteiger partial charge in [0.15, 0.2) is 0 Å². The first-order valence-corrected chi connectivity index (χ1v) is 14.6. The van der Waals surface area contributed by atoms with Crippen molar-refractivity contribution in [2.75, 3.05) is 24.5 Å². The molecule has 0 saturated carbocycles. The van der Waals surface area contributed by atoms with Crippen LogP contribution >= 0.6 is 11.3 Å². The topological polar surface area (TPSA) is 126 Å². The summed E-state index contributed by atoms with van der Waals surface area (Å²) in [6.45, 7) is 5.43. The lowest BCUT2D eigenvalue weighted by Crippen LogP contribution is -2.59. The first-order valence-electron chi connectivity index (χ1n) is 13.7. The van der Waals surface area contributed by atoms with Crippen LogP contribution in [0, 0.1) is 11.3 Å². The van der Waals surface area contributed by atoms with E-state index in [1.807, 2.05) is 18.2 Å². The molecule has 0 spiro atoms. The smallest absolute Gasteiger partial charge is 0.262 e. The van der Waals surface area contributed by atoms with Gasteiger partial charge < -0.3 is 30.3 Å². The number of aliphatic hydroxyl groups excluding tert-OH is 3. The fourth-order valence-corrected chi connectivity index (χ4v) is 6.45. The SMILES string of the molecule is CC(=C(C#N)C(=O)NCC1OC(C)C(O)C(O)C1O)c1ccc(-c2ccc3cc(N4CCCCC4)ccc3c2)s1. The number of allylic oxidation sites excluding steroid dienone is 1. The fraction of sp³-hybridized carbons (Fsp3) is 0.419. The number of carbonyl (C=O) groups excluding carboxylic acids is 1. The second kappa shape index (κ2) is 12.1. The minimum atomic E-state index is -1.38. The highest BCUT2D eigenvalue weighted by Crippen LogP contribution is 2.35. The van der Waals surface area contributed by atoms with E-state index in [9.17, 15) is 25.4 Å². The lowest BCUT2D eigenvalue weighted by atomic mass is 9.95. The molecule has 2 fully saturated rings. The second-order valence-electron chi connectivity index (χ2n) is 10.6. The van der Waals surface area contributed by atoms with Gasteiger partial charge in [-0.1, -0.05) is 18.2 Å². The Morgan fingerprint density at radius 1 is 1.02 bits per heavy atom. The maximum absolute atomic E-state index is 12.9. The number of amides is 1. The number of piperidine rings is 1. The van der Waals surface area contributed by atoms with Crippen molar-refractivity contribution in [1.29, 1.82) is 5.26 Å². The Balaban J connectivity index is 1.30. The standard InChI is InChI=1S/C31H35N3O5S/c1-18(24(16-32)31(38)33-17-25-29(36)30(37)28(35)19(2)39-25)26-10-11-27(40-26)22-7-6-21-15-23(9-8-20(21)14-22)34-12-4-3-5-13-34/h6-11,14-15,19,25,28-30,35-37H,3-5,12-13,17H2,1-2H3,(H,33,38). The Morgan fingerprint density at radius 3 is 2.50 bits per heavy atom. The van der Waals surface area contributed by atoms with E-state index in [1.54, 1.807) is 13.8 Å². The zero-order chi connectivity index (χ0) is 28.4. The van der Waals surface area contributed by atoms with E-state index in [-0.39, 0.29) is 12.1 Å². The van der Waals surface area contributed by atoms with Crippen LogP contribution in [0.4, 0.5) is 5.69 Å². The number of nitrogens with zero attached hydrogens (tertiary/aromatic N) is 2. The molecule has 2 aromatic carbocycles. The lowest BCUT2D eigenvalue weighted by molar-refractivity contribution is -0.215. The number of aliphatic hydroxyl groups is 3. The third-order valence-corrected chi connectivity index (χ3v) is 9.19. The van der Waals surface area contributed by atoms with Crippen LogP contribution in [0.25, 0.3) is 26.8 Å². The summed E-state index contributed by atoms with van der Waals surface area (Å²) < 4.78 is 5.54. The third-order valence-electron chi connectivity index (χ3n) is 7.93. The van der Waals surface area contributed by atoms with Crippen molar-refractivity contribution in [3.8, 4) is 16.5 Å². The summed E-state index contributed by atoms with van der Waals surface area (Å²) in [5.41, 5.74) is 2.87. The Hall–Kier alpha value is -3.26. The zero-order valence-electron chi connectivity index (χ0n) is 22.7. The molecule has 5 atom stereocenters. The summed E-state index contributed by atoms with van der Waals surface area (Å²) in [7, 11) is 0. The van der Waals surface area contributed by atoms with Crippen molar-refractivity contribution in [1.82, 2.24) is 5.32 Å². The van der Waals surface area contributed by atoms with Crippen LogP contribution < -0.4 is 10.2 Å². The summed E-state index contributed by atoms with van der Waals surface area (Å²) in [5, 5.41) is 44.8. The van der Waals surface area contributed by atoms with Crippen molar-refractivity contribution in [3.05, 3.63) is 59.0 Å². The van der Waals surface area contributed by atoms with Gasteiger partial charge >= 0.3 is 0 Å². The molecule has 0 bridgehead atoms. The largest absolute Gasteiger partial charge is 0.388 e. The predicted molar refractivity (Wildman–Crippen MR) is 157 cm³/mol. The summed E-state index contributed by atoms with van der Waals surface area (Å²) in [5.74, 6) is -0.589. The molecule has 4 N–H and O–H groups in total. The quantitative estimate of drug-likeness (QED) is 0.266. The van der Waals surface area contributed by atoms with Crippen LogP contribution in [0.5, 0.6) is 0 Å². The number of thiophene rings is 1. The molecule has 3 aromatic rings. The van der Waals surface area contributed by atoms with E-state index in [0.29, 0.717) is 5.57 Å². The zero-order valence-corrected chi connectivity index (χ0v) is 23.5. The molecule has 210 valence electrons. The average Bonchev–Trinajstić information content (AvgIpc) is 3.48. The molecule has 8 nitrogen and oxygen atoms in total. The van der Waals surface area contributed by atoms with Crippen molar-refractivity contribution >= 4 is 39.3 Å². The number of fused-ring (bicyclic) bond motifs is 1. The molecule has 40 heavy (non-hydrogen) atoms. The Bertz CT molecular complexity index is 1450. The van der Waals surface area contributed by atoms with Gasteiger partial charge in [0.25, 0.3) is 5.91 Å². The summed E-state index contributed by atoms with van der Waals surface area (Å²) in [6, 6.07) is 19.0. The van der Waals surface area contributed by atoms with Crippen LogP contribution in [-0.2, 0) is 9.53 Å². The number of nitriles is 1. The van der Waals surface area contributed by atoms with Gasteiger partial charge in [-0.05, 0) is 85.4 Å². The Kier molecular flexibility index (Phi) is 8.54. The van der Waals surface area contributed by atoms with E-state index < -0.39 is 36.4 Å². The molecule has 0 radical (unpaired) electrons. The van der Waals surface area contributed by atoms with Crippen LogP contribution in [0.2, 0.25) is 0 Å². The molecule has 2 saturated heterocycles. The molecular formula is C31H35N3O5S. The number of hydrogen-bond donors (Lipinski definition) is 4. The summed E-state index contributed by atoms with van der Waals surface area (Å²) >= 11 is 1.51. The number of anilines is 1. The number of hydrogen-bond acceptors (Lipinski definition) is 8. The molecule has 5 rings (SSSR count). The average molecular weight is 562 g/mol. The highest BCUT2D eigenvalue weighted by molar-refractivity contribution is 7.16. The minimum Gasteiger partial charge on any atom is -0.388 e. The molecular weight excluding hydrogens is 526 g/mol. The summed E-state index contributed by atoms with van der Waals surface area (Å²) in [4.78, 5) is 17.2. The molecule has 0 aliphatic carbocycles. The molecule has 2 aliphatic heterocycles. The predicted octanol–water partition coefficient (Wildman–Crippen LogP) is 3.84. The van der Waals surface area contributed by atoms with Crippen molar-refractivity contribution in [3.63, 3.8) is 0 Å². The molecule has 2 aliphatic rings. The number of carbonyl (C=O) groups is 1. The molecule has 9 heteroatoms. The van der Waals surface area contributed by atoms with E-state index in [4.69, 9.17) is 4.74 Å². The van der Waals surface area contributed by atoms with Gasteiger partial charge in [0.05, 0.1) is 6.10 Å². The van der Waals surface area contributed by atoms with Gasteiger partial charge in [0.2, 0.25) is 0 Å². The highest BCUT2D eigenvalue weighted by Gasteiger charge is 2.41.